The minimum atomic E-state index is -0.451. The number of anilines is 1. The van der Waals surface area contributed by atoms with Gasteiger partial charge in [-0.2, -0.15) is 0 Å². The van der Waals surface area contributed by atoms with Crippen molar-refractivity contribution in [2.45, 2.75) is 51.2 Å². The van der Waals surface area contributed by atoms with E-state index in [1.165, 1.54) is 32.1 Å². The molecule has 1 aliphatic carbocycles. The van der Waals surface area contributed by atoms with Gasteiger partial charge >= 0.3 is 0 Å². The molecule has 0 aliphatic heterocycles. The number of aliphatic hydroxyl groups excluding tert-OH is 1. The van der Waals surface area contributed by atoms with Gasteiger partial charge in [0.05, 0.1) is 6.10 Å². The Balaban J connectivity index is 1.86. The van der Waals surface area contributed by atoms with Crippen LogP contribution in [0.25, 0.3) is 0 Å². The molecule has 0 radical (unpaired) electrons. The summed E-state index contributed by atoms with van der Waals surface area (Å²) in [4.78, 5) is 2.32. The van der Waals surface area contributed by atoms with Crippen molar-refractivity contribution < 1.29 is 5.11 Å². The van der Waals surface area contributed by atoms with E-state index >= 15 is 0 Å². The number of nitrogens with zero attached hydrogens (tertiary/aromatic N) is 1. The van der Waals surface area contributed by atoms with Crippen molar-refractivity contribution in [2.24, 2.45) is 5.92 Å². The molecule has 3 N–H and O–H groups in total. The Morgan fingerprint density at radius 3 is 2.60 bits per heavy atom. The molecule has 3 nitrogen and oxygen atoms in total. The first-order valence-electron chi connectivity index (χ1n) is 7.84. The van der Waals surface area contributed by atoms with Gasteiger partial charge in [-0.25, -0.2) is 0 Å². The summed E-state index contributed by atoms with van der Waals surface area (Å²) in [6, 6.07) is 8.19. The molecule has 0 saturated heterocycles. The zero-order chi connectivity index (χ0) is 14.5. The van der Waals surface area contributed by atoms with Gasteiger partial charge in [-0.3, -0.25) is 0 Å². The monoisotopic (exact) mass is 276 g/mol. The van der Waals surface area contributed by atoms with Crippen LogP contribution < -0.4 is 5.73 Å². The molecule has 0 spiro atoms. The second kappa shape index (κ2) is 7.09. The first-order chi connectivity index (χ1) is 9.60. The van der Waals surface area contributed by atoms with Crippen molar-refractivity contribution in [3.63, 3.8) is 0 Å². The molecular weight excluding hydrogens is 248 g/mol. The summed E-state index contributed by atoms with van der Waals surface area (Å²) in [5.41, 5.74) is 7.41. The van der Waals surface area contributed by atoms with E-state index in [1.807, 2.05) is 24.3 Å². The molecule has 1 aromatic rings. The predicted octanol–water partition coefficient (Wildman–Crippen LogP) is 3.20. The maximum Gasteiger partial charge on any atom is 0.0917 e. The average molecular weight is 276 g/mol. The lowest BCUT2D eigenvalue weighted by Gasteiger charge is -2.35. The number of aliphatic hydroxyl groups is 1. The maximum absolute atomic E-state index is 10.3. The quantitative estimate of drug-likeness (QED) is 0.812. The molecule has 1 aromatic carbocycles. The fourth-order valence-corrected chi connectivity index (χ4v) is 3.29. The Morgan fingerprint density at radius 2 is 2.00 bits per heavy atom. The lowest BCUT2D eigenvalue weighted by Crippen LogP contribution is -2.37. The van der Waals surface area contributed by atoms with Crippen LogP contribution in [0.2, 0.25) is 0 Å². The third-order valence-electron chi connectivity index (χ3n) is 4.77. The number of nitrogen functional groups attached to an aromatic ring is 1. The third-order valence-corrected chi connectivity index (χ3v) is 4.77. The van der Waals surface area contributed by atoms with Crippen molar-refractivity contribution in [2.75, 3.05) is 19.3 Å². The van der Waals surface area contributed by atoms with E-state index < -0.39 is 6.10 Å². The zero-order valence-corrected chi connectivity index (χ0v) is 12.8. The number of likely N-dealkylation sites (N-methyl/N-ethyl adjacent to an activating group) is 1. The number of hydrogen-bond acceptors (Lipinski definition) is 3. The smallest absolute Gasteiger partial charge is 0.0917 e. The van der Waals surface area contributed by atoms with E-state index in [0.717, 1.165) is 11.5 Å². The molecule has 112 valence electrons. The summed E-state index contributed by atoms with van der Waals surface area (Å²) >= 11 is 0. The van der Waals surface area contributed by atoms with Crippen LogP contribution >= 0.6 is 0 Å². The highest BCUT2D eigenvalue weighted by Gasteiger charge is 2.24. The summed E-state index contributed by atoms with van der Waals surface area (Å²) in [5, 5.41) is 10.3. The molecule has 0 aromatic heterocycles. The largest absolute Gasteiger partial charge is 0.399 e. The van der Waals surface area contributed by atoms with Gasteiger partial charge in [-0.1, -0.05) is 25.5 Å². The molecule has 1 fully saturated rings. The second-order valence-electron chi connectivity index (χ2n) is 6.21. The van der Waals surface area contributed by atoms with Crippen LogP contribution in [0.3, 0.4) is 0 Å². The number of nitrogens with two attached hydrogens (primary N) is 1. The zero-order valence-electron chi connectivity index (χ0n) is 12.8. The molecule has 1 atom stereocenters. The van der Waals surface area contributed by atoms with E-state index in [1.54, 1.807) is 0 Å². The summed E-state index contributed by atoms with van der Waals surface area (Å²) < 4.78 is 0. The van der Waals surface area contributed by atoms with Crippen LogP contribution in [-0.4, -0.2) is 29.6 Å². The van der Waals surface area contributed by atoms with Crippen molar-refractivity contribution in [1.29, 1.82) is 0 Å². The number of benzene rings is 1. The van der Waals surface area contributed by atoms with E-state index in [2.05, 4.69) is 18.9 Å². The molecule has 0 bridgehead atoms. The first-order valence-corrected chi connectivity index (χ1v) is 7.84. The van der Waals surface area contributed by atoms with E-state index in [4.69, 9.17) is 5.73 Å². The van der Waals surface area contributed by atoms with Gasteiger partial charge in [0.15, 0.2) is 0 Å². The fraction of sp³-hybridized carbons (Fsp3) is 0.647. The van der Waals surface area contributed by atoms with Crippen LogP contribution in [-0.2, 0) is 0 Å². The Morgan fingerprint density at radius 1 is 1.30 bits per heavy atom. The lowest BCUT2D eigenvalue weighted by molar-refractivity contribution is 0.0840. The molecule has 1 aliphatic rings. The molecule has 1 saturated carbocycles. The predicted molar refractivity (Wildman–Crippen MR) is 84.5 cm³/mol. The number of hydrogen-bond donors (Lipinski definition) is 2. The van der Waals surface area contributed by atoms with Crippen molar-refractivity contribution in [3.05, 3.63) is 29.8 Å². The molecule has 2 rings (SSSR count). The molecule has 0 amide bonds. The van der Waals surface area contributed by atoms with Gasteiger partial charge in [-0.05, 0) is 56.3 Å². The third kappa shape index (κ3) is 3.97. The highest BCUT2D eigenvalue weighted by Crippen LogP contribution is 2.29. The van der Waals surface area contributed by atoms with Crippen LogP contribution in [0.4, 0.5) is 5.69 Å². The van der Waals surface area contributed by atoms with Gasteiger partial charge in [0.1, 0.15) is 0 Å². The second-order valence-corrected chi connectivity index (χ2v) is 6.21. The van der Waals surface area contributed by atoms with E-state index in [0.29, 0.717) is 18.3 Å². The Hall–Kier alpha value is -1.06. The van der Waals surface area contributed by atoms with E-state index in [9.17, 15) is 5.11 Å². The van der Waals surface area contributed by atoms with Crippen molar-refractivity contribution in [3.8, 4) is 0 Å². The molecule has 3 heteroatoms. The molecule has 20 heavy (non-hydrogen) atoms. The Kier molecular flexibility index (Phi) is 5.44. The summed E-state index contributed by atoms with van der Waals surface area (Å²) in [7, 11) is 2.13. The summed E-state index contributed by atoms with van der Waals surface area (Å²) in [6.07, 6.45) is 6.05. The lowest BCUT2D eigenvalue weighted by atomic mass is 9.84. The van der Waals surface area contributed by atoms with Crippen LogP contribution in [0.5, 0.6) is 0 Å². The van der Waals surface area contributed by atoms with Crippen molar-refractivity contribution >= 4 is 5.69 Å². The highest BCUT2D eigenvalue weighted by atomic mass is 16.3. The van der Waals surface area contributed by atoms with Crippen molar-refractivity contribution in [1.82, 2.24) is 4.90 Å². The van der Waals surface area contributed by atoms with Crippen LogP contribution in [0.15, 0.2) is 24.3 Å². The first kappa shape index (κ1) is 15.3. The van der Waals surface area contributed by atoms with Crippen LogP contribution in [0.1, 0.15) is 50.7 Å². The Bertz CT molecular complexity index is 413. The topological polar surface area (TPSA) is 49.5 Å². The molecular formula is C17H28N2O. The highest BCUT2D eigenvalue weighted by molar-refractivity contribution is 5.41. The van der Waals surface area contributed by atoms with Gasteiger partial charge in [0.25, 0.3) is 0 Å². The number of rotatable bonds is 5. The molecule has 0 heterocycles. The van der Waals surface area contributed by atoms with Gasteiger partial charge in [0.2, 0.25) is 0 Å². The van der Waals surface area contributed by atoms with Gasteiger partial charge in [-0.15, -0.1) is 0 Å². The Labute approximate surface area is 122 Å². The normalized spacial score (nSPS) is 24.8. The fourth-order valence-electron chi connectivity index (χ4n) is 3.29. The molecule has 1 unspecified atom stereocenters. The SMILES string of the molecule is CCC1CCC(N(C)CC(O)c2cccc(N)c2)CC1. The van der Waals surface area contributed by atoms with Gasteiger partial charge < -0.3 is 15.7 Å². The summed E-state index contributed by atoms with van der Waals surface area (Å²) in [5.74, 6) is 0.915. The average Bonchev–Trinajstić information content (AvgIpc) is 2.47. The van der Waals surface area contributed by atoms with Gasteiger partial charge in [0, 0.05) is 18.3 Å². The van der Waals surface area contributed by atoms with Crippen LogP contribution in [0, 0.1) is 5.92 Å². The minimum absolute atomic E-state index is 0.451. The standard InChI is InChI=1S/C17H28N2O/c1-3-13-7-9-16(10-8-13)19(2)12-17(20)14-5-4-6-15(18)11-14/h4-6,11,13,16-17,20H,3,7-10,12,18H2,1-2H3. The summed E-state index contributed by atoms with van der Waals surface area (Å²) in [6.45, 7) is 2.98. The minimum Gasteiger partial charge on any atom is -0.399 e. The maximum atomic E-state index is 10.3. The van der Waals surface area contributed by atoms with E-state index in [-0.39, 0.29) is 0 Å².